The molecule has 0 heterocycles. The van der Waals surface area contributed by atoms with Gasteiger partial charge in [-0.05, 0) is 30.5 Å². The molecule has 0 saturated heterocycles. The van der Waals surface area contributed by atoms with Crippen molar-refractivity contribution in [2.24, 2.45) is 5.73 Å². The summed E-state index contributed by atoms with van der Waals surface area (Å²) in [5, 5.41) is 9.44. The predicted octanol–water partition coefficient (Wildman–Crippen LogP) is 1.72. The van der Waals surface area contributed by atoms with E-state index in [1.165, 1.54) is 0 Å². The van der Waals surface area contributed by atoms with Crippen LogP contribution in [0.25, 0.3) is 0 Å². The van der Waals surface area contributed by atoms with Gasteiger partial charge in [0, 0.05) is 11.0 Å². The van der Waals surface area contributed by atoms with Crippen LogP contribution in [0.2, 0.25) is 0 Å². The second-order valence-corrected chi connectivity index (χ2v) is 4.58. The van der Waals surface area contributed by atoms with Crippen molar-refractivity contribution < 1.29 is 14.6 Å². The molecule has 3 N–H and O–H groups in total. The number of halogens is 1. The van der Waals surface area contributed by atoms with Crippen LogP contribution >= 0.6 is 15.9 Å². The zero-order chi connectivity index (χ0) is 12.8. The lowest BCUT2D eigenvalue weighted by atomic mass is 10.1. The SMILES string of the molecule is COc1cc(Br)c(CCC(O)CN)cc1OC. The highest BCUT2D eigenvalue weighted by atomic mass is 79.9. The van der Waals surface area contributed by atoms with Crippen LogP contribution in [-0.4, -0.2) is 32.0 Å². The molecule has 0 aliphatic rings. The number of ether oxygens (including phenoxy) is 2. The molecule has 0 fully saturated rings. The molecule has 0 radical (unpaired) electrons. The minimum Gasteiger partial charge on any atom is -0.493 e. The van der Waals surface area contributed by atoms with Gasteiger partial charge < -0.3 is 20.3 Å². The van der Waals surface area contributed by atoms with Crippen molar-refractivity contribution in [1.82, 2.24) is 0 Å². The molecule has 5 heteroatoms. The first kappa shape index (κ1) is 14.3. The van der Waals surface area contributed by atoms with E-state index in [2.05, 4.69) is 15.9 Å². The number of aliphatic hydroxyl groups excluding tert-OH is 1. The van der Waals surface area contributed by atoms with E-state index in [1.807, 2.05) is 12.1 Å². The van der Waals surface area contributed by atoms with Crippen LogP contribution < -0.4 is 15.2 Å². The third-order valence-corrected chi connectivity index (χ3v) is 3.31. The molecule has 4 nitrogen and oxygen atoms in total. The Balaban J connectivity index is 2.85. The van der Waals surface area contributed by atoms with Crippen LogP contribution in [0.15, 0.2) is 16.6 Å². The highest BCUT2D eigenvalue weighted by molar-refractivity contribution is 9.10. The molecule has 17 heavy (non-hydrogen) atoms. The Bertz CT molecular complexity index is 371. The van der Waals surface area contributed by atoms with Crippen LogP contribution in [0, 0.1) is 0 Å². The summed E-state index contributed by atoms with van der Waals surface area (Å²) in [6.45, 7) is 0.283. The van der Waals surface area contributed by atoms with E-state index >= 15 is 0 Å². The van der Waals surface area contributed by atoms with Gasteiger partial charge in [0.2, 0.25) is 0 Å². The summed E-state index contributed by atoms with van der Waals surface area (Å²) in [4.78, 5) is 0. The van der Waals surface area contributed by atoms with Crippen LogP contribution in [0.5, 0.6) is 11.5 Å². The van der Waals surface area contributed by atoms with Crippen LogP contribution in [0.3, 0.4) is 0 Å². The van der Waals surface area contributed by atoms with E-state index in [-0.39, 0.29) is 6.54 Å². The molecule has 1 unspecified atom stereocenters. The van der Waals surface area contributed by atoms with Crippen LogP contribution in [0.1, 0.15) is 12.0 Å². The van der Waals surface area contributed by atoms with Gasteiger partial charge >= 0.3 is 0 Å². The molecule has 1 aromatic carbocycles. The van der Waals surface area contributed by atoms with Gasteiger partial charge in [0.15, 0.2) is 11.5 Å². The molecule has 1 atom stereocenters. The van der Waals surface area contributed by atoms with Gasteiger partial charge in [-0.2, -0.15) is 0 Å². The molecule has 0 aliphatic carbocycles. The van der Waals surface area contributed by atoms with Gasteiger partial charge in [-0.25, -0.2) is 0 Å². The van der Waals surface area contributed by atoms with E-state index in [0.717, 1.165) is 16.5 Å². The van der Waals surface area contributed by atoms with Gasteiger partial charge in [0.25, 0.3) is 0 Å². The minimum atomic E-state index is -0.463. The van der Waals surface area contributed by atoms with Crippen molar-refractivity contribution in [1.29, 1.82) is 0 Å². The fraction of sp³-hybridized carbons (Fsp3) is 0.500. The lowest BCUT2D eigenvalue weighted by Gasteiger charge is -2.13. The summed E-state index contributed by atoms with van der Waals surface area (Å²) in [5.41, 5.74) is 6.43. The van der Waals surface area contributed by atoms with Gasteiger partial charge in [0.05, 0.1) is 20.3 Å². The normalized spacial score (nSPS) is 12.3. The molecule has 0 saturated carbocycles. The Hall–Kier alpha value is -0.780. The lowest BCUT2D eigenvalue weighted by Crippen LogP contribution is -2.20. The molecular weight excluding hydrogens is 286 g/mol. The number of aliphatic hydroxyl groups is 1. The summed E-state index contributed by atoms with van der Waals surface area (Å²) in [6, 6.07) is 3.77. The van der Waals surface area contributed by atoms with Gasteiger partial charge in [-0.1, -0.05) is 15.9 Å². The maximum atomic E-state index is 9.44. The third-order valence-electron chi connectivity index (χ3n) is 2.57. The fourth-order valence-corrected chi connectivity index (χ4v) is 2.05. The Morgan fingerprint density at radius 3 is 2.41 bits per heavy atom. The van der Waals surface area contributed by atoms with Gasteiger partial charge in [0.1, 0.15) is 0 Å². The molecule has 1 rings (SSSR count). The first-order valence-electron chi connectivity index (χ1n) is 5.40. The van der Waals surface area contributed by atoms with E-state index in [0.29, 0.717) is 17.9 Å². The number of hydrogen-bond donors (Lipinski definition) is 2. The van der Waals surface area contributed by atoms with Crippen molar-refractivity contribution in [2.75, 3.05) is 20.8 Å². The largest absolute Gasteiger partial charge is 0.493 e. The van der Waals surface area contributed by atoms with Crippen LogP contribution in [-0.2, 0) is 6.42 Å². The van der Waals surface area contributed by atoms with E-state index < -0.39 is 6.10 Å². The lowest BCUT2D eigenvalue weighted by molar-refractivity contribution is 0.173. The molecule has 0 amide bonds. The van der Waals surface area contributed by atoms with E-state index in [1.54, 1.807) is 14.2 Å². The van der Waals surface area contributed by atoms with Crippen molar-refractivity contribution in [3.8, 4) is 11.5 Å². The maximum Gasteiger partial charge on any atom is 0.161 e. The summed E-state index contributed by atoms with van der Waals surface area (Å²) in [7, 11) is 3.20. The van der Waals surface area contributed by atoms with Gasteiger partial charge in [-0.15, -0.1) is 0 Å². The number of benzene rings is 1. The molecule has 0 aromatic heterocycles. The maximum absolute atomic E-state index is 9.44. The van der Waals surface area contributed by atoms with Crippen molar-refractivity contribution in [2.45, 2.75) is 18.9 Å². The number of hydrogen-bond acceptors (Lipinski definition) is 4. The van der Waals surface area contributed by atoms with E-state index in [4.69, 9.17) is 15.2 Å². The fourth-order valence-electron chi connectivity index (χ4n) is 1.53. The number of aryl methyl sites for hydroxylation is 1. The smallest absolute Gasteiger partial charge is 0.161 e. The first-order valence-corrected chi connectivity index (χ1v) is 6.20. The standard InChI is InChI=1S/C12H18BrNO3/c1-16-11-5-8(3-4-9(15)7-14)10(13)6-12(11)17-2/h5-6,9,15H,3-4,7,14H2,1-2H3. The van der Waals surface area contributed by atoms with Crippen molar-refractivity contribution >= 4 is 15.9 Å². The van der Waals surface area contributed by atoms with E-state index in [9.17, 15) is 5.11 Å². The highest BCUT2D eigenvalue weighted by Gasteiger charge is 2.10. The second kappa shape index (κ2) is 6.83. The summed E-state index contributed by atoms with van der Waals surface area (Å²) in [5.74, 6) is 1.37. The molecule has 0 bridgehead atoms. The molecule has 0 aliphatic heterocycles. The quantitative estimate of drug-likeness (QED) is 0.840. The zero-order valence-corrected chi connectivity index (χ0v) is 11.7. The zero-order valence-electron chi connectivity index (χ0n) is 10.1. The van der Waals surface area contributed by atoms with Crippen molar-refractivity contribution in [3.63, 3.8) is 0 Å². The average Bonchev–Trinajstić information content (AvgIpc) is 2.36. The Kier molecular flexibility index (Phi) is 5.74. The average molecular weight is 304 g/mol. The Morgan fingerprint density at radius 1 is 1.29 bits per heavy atom. The summed E-state index contributed by atoms with van der Waals surface area (Å²) >= 11 is 3.47. The topological polar surface area (TPSA) is 64.7 Å². The number of rotatable bonds is 6. The van der Waals surface area contributed by atoms with Crippen molar-refractivity contribution in [3.05, 3.63) is 22.2 Å². The summed E-state index contributed by atoms with van der Waals surface area (Å²) < 4.78 is 11.4. The minimum absolute atomic E-state index is 0.283. The molecular formula is C12H18BrNO3. The molecule has 1 aromatic rings. The Labute approximate surface area is 110 Å². The predicted molar refractivity (Wildman–Crippen MR) is 70.6 cm³/mol. The monoisotopic (exact) mass is 303 g/mol. The van der Waals surface area contributed by atoms with Crippen LogP contribution in [0.4, 0.5) is 0 Å². The highest BCUT2D eigenvalue weighted by Crippen LogP contribution is 2.33. The number of methoxy groups -OCH3 is 2. The second-order valence-electron chi connectivity index (χ2n) is 3.73. The number of nitrogens with two attached hydrogens (primary N) is 1. The molecule has 96 valence electrons. The summed E-state index contributed by atoms with van der Waals surface area (Å²) in [6.07, 6.45) is 0.902. The van der Waals surface area contributed by atoms with Gasteiger partial charge in [-0.3, -0.25) is 0 Å². The Morgan fingerprint density at radius 2 is 1.88 bits per heavy atom. The third kappa shape index (κ3) is 3.87. The molecule has 0 spiro atoms. The first-order chi connectivity index (χ1) is 8.12.